The summed E-state index contributed by atoms with van der Waals surface area (Å²) in [6, 6.07) is 3.95. The number of ether oxygens (including phenoxy) is 1. The Morgan fingerprint density at radius 2 is 2.00 bits per heavy atom. The van der Waals surface area contributed by atoms with Crippen molar-refractivity contribution in [1.29, 1.82) is 0 Å². The Morgan fingerprint density at radius 1 is 1.40 bits per heavy atom. The molecule has 0 fully saturated rings. The molecule has 4 nitrogen and oxygen atoms in total. The molecule has 1 rings (SSSR count). The number of nitrogens with two attached hydrogens (primary N) is 1. The highest BCUT2D eigenvalue weighted by Gasteiger charge is 2.07. The molecule has 0 atom stereocenters. The molecule has 0 amide bonds. The number of aryl methyl sites for hydroxylation is 2. The molecule has 4 heteroatoms. The fraction of sp³-hybridized carbons (Fsp3) is 0.364. The summed E-state index contributed by atoms with van der Waals surface area (Å²) in [5.74, 6) is 0.946. The summed E-state index contributed by atoms with van der Waals surface area (Å²) in [6.07, 6.45) is 0.390. The van der Waals surface area contributed by atoms with Crippen molar-refractivity contribution in [1.82, 2.24) is 0 Å². The van der Waals surface area contributed by atoms with Crippen molar-refractivity contribution in [2.24, 2.45) is 10.9 Å². The minimum Gasteiger partial charge on any atom is -0.496 e. The van der Waals surface area contributed by atoms with Gasteiger partial charge in [-0.15, -0.1) is 0 Å². The van der Waals surface area contributed by atoms with Gasteiger partial charge in [0.2, 0.25) is 0 Å². The van der Waals surface area contributed by atoms with E-state index in [-0.39, 0.29) is 5.84 Å². The van der Waals surface area contributed by atoms with Gasteiger partial charge < -0.3 is 15.7 Å². The fourth-order valence-electron chi connectivity index (χ4n) is 1.41. The first-order chi connectivity index (χ1) is 7.08. The number of nitrogens with zero attached hydrogens (tertiary/aromatic N) is 1. The first-order valence-electron chi connectivity index (χ1n) is 4.69. The highest BCUT2D eigenvalue weighted by atomic mass is 16.5. The van der Waals surface area contributed by atoms with E-state index in [0.717, 1.165) is 22.4 Å². The Balaban J connectivity index is 3.10. The maximum Gasteiger partial charge on any atom is 0.143 e. The van der Waals surface area contributed by atoms with Crippen molar-refractivity contribution < 1.29 is 9.94 Å². The molecule has 0 aliphatic rings. The SMILES string of the molecule is COc1cc(C)c(C)cc1C/C(N)=N/O. The van der Waals surface area contributed by atoms with E-state index in [1.54, 1.807) is 7.11 Å². The van der Waals surface area contributed by atoms with Crippen molar-refractivity contribution in [2.75, 3.05) is 7.11 Å². The van der Waals surface area contributed by atoms with Crippen molar-refractivity contribution >= 4 is 5.84 Å². The first kappa shape index (κ1) is 11.4. The van der Waals surface area contributed by atoms with Crippen LogP contribution >= 0.6 is 0 Å². The van der Waals surface area contributed by atoms with Gasteiger partial charge in [-0.3, -0.25) is 0 Å². The minimum atomic E-state index is 0.177. The van der Waals surface area contributed by atoms with Crippen LogP contribution in [0.4, 0.5) is 0 Å². The molecule has 0 saturated heterocycles. The summed E-state index contributed by atoms with van der Waals surface area (Å²) < 4.78 is 5.23. The Bertz CT molecular complexity index is 386. The van der Waals surface area contributed by atoms with Crippen LogP contribution in [0, 0.1) is 13.8 Å². The Hall–Kier alpha value is -1.71. The second-order valence-electron chi connectivity index (χ2n) is 3.52. The van der Waals surface area contributed by atoms with E-state index in [2.05, 4.69) is 5.16 Å². The molecule has 82 valence electrons. The number of methoxy groups -OCH3 is 1. The molecule has 3 N–H and O–H groups in total. The molecule has 0 aliphatic carbocycles. The predicted octanol–water partition coefficient (Wildman–Crippen LogP) is 1.60. The van der Waals surface area contributed by atoms with Crippen LogP contribution in [0.3, 0.4) is 0 Å². The summed E-state index contributed by atoms with van der Waals surface area (Å²) >= 11 is 0. The second-order valence-corrected chi connectivity index (χ2v) is 3.52. The third kappa shape index (κ3) is 2.62. The van der Waals surface area contributed by atoms with Crippen LogP contribution in [-0.4, -0.2) is 18.2 Å². The molecule has 0 aromatic heterocycles. The van der Waals surface area contributed by atoms with Crippen LogP contribution in [0.25, 0.3) is 0 Å². The lowest BCUT2D eigenvalue weighted by atomic mass is 10.0. The van der Waals surface area contributed by atoms with Gasteiger partial charge in [0.05, 0.1) is 7.11 Å². The monoisotopic (exact) mass is 208 g/mol. The molecule has 1 aromatic rings. The molecular weight excluding hydrogens is 192 g/mol. The van der Waals surface area contributed by atoms with Gasteiger partial charge in [0.15, 0.2) is 0 Å². The number of benzene rings is 1. The summed E-state index contributed by atoms with van der Waals surface area (Å²) in [5.41, 5.74) is 8.71. The number of oxime groups is 1. The van der Waals surface area contributed by atoms with Crippen molar-refractivity contribution in [3.05, 3.63) is 28.8 Å². The Morgan fingerprint density at radius 3 is 2.53 bits per heavy atom. The predicted molar refractivity (Wildman–Crippen MR) is 59.6 cm³/mol. The molecular formula is C11H16N2O2. The molecule has 0 bridgehead atoms. The van der Waals surface area contributed by atoms with Gasteiger partial charge in [-0.2, -0.15) is 0 Å². The van der Waals surface area contributed by atoms with E-state index in [1.807, 2.05) is 26.0 Å². The van der Waals surface area contributed by atoms with E-state index in [1.165, 1.54) is 0 Å². The fourth-order valence-corrected chi connectivity index (χ4v) is 1.41. The summed E-state index contributed by atoms with van der Waals surface area (Å²) in [5, 5.41) is 11.5. The zero-order chi connectivity index (χ0) is 11.4. The second kappa shape index (κ2) is 4.68. The van der Waals surface area contributed by atoms with Crippen molar-refractivity contribution in [3.8, 4) is 5.75 Å². The molecule has 0 aliphatic heterocycles. The van der Waals surface area contributed by atoms with Gasteiger partial charge in [-0.05, 0) is 31.0 Å². The Labute approximate surface area is 89.4 Å². The zero-order valence-corrected chi connectivity index (χ0v) is 9.24. The van der Waals surface area contributed by atoms with Crippen LogP contribution in [-0.2, 0) is 6.42 Å². The lowest BCUT2D eigenvalue weighted by molar-refractivity contribution is 0.317. The first-order valence-corrected chi connectivity index (χ1v) is 4.69. The van der Waals surface area contributed by atoms with Gasteiger partial charge in [-0.1, -0.05) is 11.2 Å². The standard InChI is InChI=1S/C11H16N2O2/c1-7-4-9(6-11(12)13-14)10(15-3)5-8(7)2/h4-5,14H,6H2,1-3H3,(H2,12,13). The molecule has 0 radical (unpaired) electrons. The molecule has 0 heterocycles. The molecule has 1 aromatic carbocycles. The van der Waals surface area contributed by atoms with Crippen LogP contribution in [0.1, 0.15) is 16.7 Å². The number of amidine groups is 1. The van der Waals surface area contributed by atoms with Crippen molar-refractivity contribution in [2.45, 2.75) is 20.3 Å². The van der Waals surface area contributed by atoms with Crippen LogP contribution in [0.15, 0.2) is 17.3 Å². The largest absolute Gasteiger partial charge is 0.496 e. The quantitative estimate of drug-likeness (QED) is 0.343. The average Bonchev–Trinajstić information content (AvgIpc) is 2.22. The Kier molecular flexibility index (Phi) is 3.55. The molecule has 0 unspecified atom stereocenters. The smallest absolute Gasteiger partial charge is 0.143 e. The summed E-state index contributed by atoms with van der Waals surface area (Å²) in [6.45, 7) is 4.04. The minimum absolute atomic E-state index is 0.177. The molecule has 0 saturated carbocycles. The zero-order valence-electron chi connectivity index (χ0n) is 9.24. The maximum absolute atomic E-state index is 8.51. The van der Waals surface area contributed by atoms with E-state index in [0.29, 0.717) is 6.42 Å². The average molecular weight is 208 g/mol. The van der Waals surface area contributed by atoms with Gasteiger partial charge in [-0.25, -0.2) is 0 Å². The highest BCUT2D eigenvalue weighted by molar-refractivity contribution is 5.82. The van der Waals surface area contributed by atoms with Gasteiger partial charge in [0.25, 0.3) is 0 Å². The summed E-state index contributed by atoms with van der Waals surface area (Å²) in [7, 11) is 1.61. The van der Waals surface area contributed by atoms with Gasteiger partial charge in [0, 0.05) is 12.0 Å². The van der Waals surface area contributed by atoms with Crippen LogP contribution in [0.5, 0.6) is 5.75 Å². The van der Waals surface area contributed by atoms with E-state index in [4.69, 9.17) is 15.7 Å². The van der Waals surface area contributed by atoms with Crippen molar-refractivity contribution in [3.63, 3.8) is 0 Å². The van der Waals surface area contributed by atoms with Gasteiger partial charge in [0.1, 0.15) is 11.6 Å². The topological polar surface area (TPSA) is 67.8 Å². The third-order valence-electron chi connectivity index (χ3n) is 2.40. The number of hydrogen-bond donors (Lipinski definition) is 2. The lowest BCUT2D eigenvalue weighted by Gasteiger charge is -2.11. The summed E-state index contributed by atoms with van der Waals surface area (Å²) in [4.78, 5) is 0. The van der Waals surface area contributed by atoms with Crippen LogP contribution in [0.2, 0.25) is 0 Å². The van der Waals surface area contributed by atoms with E-state index >= 15 is 0 Å². The molecule has 15 heavy (non-hydrogen) atoms. The lowest BCUT2D eigenvalue weighted by Crippen LogP contribution is -2.15. The number of rotatable bonds is 3. The highest BCUT2D eigenvalue weighted by Crippen LogP contribution is 2.23. The van der Waals surface area contributed by atoms with Gasteiger partial charge >= 0.3 is 0 Å². The van der Waals surface area contributed by atoms with E-state index < -0.39 is 0 Å². The van der Waals surface area contributed by atoms with Crippen LogP contribution < -0.4 is 10.5 Å². The van der Waals surface area contributed by atoms with E-state index in [9.17, 15) is 0 Å². The normalized spacial score (nSPS) is 11.5. The number of hydrogen-bond acceptors (Lipinski definition) is 3. The maximum atomic E-state index is 8.51. The third-order valence-corrected chi connectivity index (χ3v) is 2.40. The molecule has 0 spiro atoms.